The summed E-state index contributed by atoms with van der Waals surface area (Å²) in [5, 5.41) is 0. The third-order valence-electron chi connectivity index (χ3n) is 3.56. The number of carbonyl (C=O) groups excluding carboxylic acids is 1. The van der Waals surface area contributed by atoms with Gasteiger partial charge in [-0.3, -0.25) is 4.79 Å². The van der Waals surface area contributed by atoms with Crippen LogP contribution in [0.4, 0.5) is 0 Å². The first kappa shape index (κ1) is 17.5. The fourth-order valence-electron chi connectivity index (χ4n) is 2.11. The summed E-state index contributed by atoms with van der Waals surface area (Å²) in [6.45, 7) is 6.91. The molecule has 0 bridgehead atoms. The summed E-state index contributed by atoms with van der Waals surface area (Å²) in [5.41, 5.74) is 0. The van der Waals surface area contributed by atoms with Gasteiger partial charge in [0.2, 0.25) is 0 Å². The van der Waals surface area contributed by atoms with Crippen molar-refractivity contribution in [2.75, 3.05) is 6.61 Å². The van der Waals surface area contributed by atoms with E-state index in [1.165, 1.54) is 51.4 Å². The quantitative estimate of drug-likeness (QED) is 0.358. The van der Waals surface area contributed by atoms with E-state index in [1.54, 1.807) is 0 Å². The van der Waals surface area contributed by atoms with Crippen LogP contribution in [-0.2, 0) is 9.53 Å². The van der Waals surface area contributed by atoms with E-state index in [0.717, 1.165) is 6.42 Å². The zero-order valence-corrected chi connectivity index (χ0v) is 12.7. The van der Waals surface area contributed by atoms with Crippen molar-refractivity contribution in [3.63, 3.8) is 0 Å². The average Bonchev–Trinajstić information content (AvgIpc) is 2.40. The first-order chi connectivity index (χ1) is 8.74. The highest BCUT2D eigenvalue weighted by Crippen LogP contribution is 2.16. The number of unbranched alkanes of at least 4 members (excludes halogenated alkanes) is 6. The Morgan fingerprint density at radius 2 is 1.56 bits per heavy atom. The lowest BCUT2D eigenvalue weighted by molar-refractivity contribution is -0.144. The highest BCUT2D eigenvalue weighted by molar-refractivity contribution is 5.68. The highest BCUT2D eigenvalue weighted by atomic mass is 16.5. The van der Waals surface area contributed by atoms with E-state index in [2.05, 4.69) is 13.8 Å². The SMILES string of the molecule is CCCCCCCCCC(CC)COC(=O)CC. The molecule has 0 aromatic rings. The number of carbonyl (C=O) groups is 1. The van der Waals surface area contributed by atoms with Gasteiger partial charge < -0.3 is 4.74 Å². The maximum atomic E-state index is 11.1. The van der Waals surface area contributed by atoms with Crippen LogP contribution in [0.2, 0.25) is 0 Å². The van der Waals surface area contributed by atoms with Crippen molar-refractivity contribution in [1.82, 2.24) is 0 Å². The molecule has 18 heavy (non-hydrogen) atoms. The Morgan fingerprint density at radius 3 is 2.11 bits per heavy atom. The molecule has 0 saturated heterocycles. The van der Waals surface area contributed by atoms with E-state index in [-0.39, 0.29) is 5.97 Å². The van der Waals surface area contributed by atoms with Crippen LogP contribution in [0.25, 0.3) is 0 Å². The number of hydrogen-bond donors (Lipinski definition) is 0. The minimum atomic E-state index is -0.0620. The fourth-order valence-corrected chi connectivity index (χ4v) is 2.11. The van der Waals surface area contributed by atoms with Crippen molar-refractivity contribution in [2.45, 2.75) is 85.0 Å². The first-order valence-electron chi connectivity index (χ1n) is 7.90. The Bertz CT molecular complexity index is 190. The Balaban J connectivity index is 3.41. The van der Waals surface area contributed by atoms with Crippen LogP contribution in [0.3, 0.4) is 0 Å². The molecule has 0 aliphatic rings. The molecule has 0 aromatic heterocycles. The molecule has 0 fully saturated rings. The number of rotatable bonds is 12. The molecule has 2 heteroatoms. The van der Waals surface area contributed by atoms with Gasteiger partial charge in [0.1, 0.15) is 0 Å². The zero-order chi connectivity index (χ0) is 13.6. The number of hydrogen-bond acceptors (Lipinski definition) is 2. The molecule has 108 valence electrons. The van der Waals surface area contributed by atoms with Gasteiger partial charge in [0.15, 0.2) is 0 Å². The average molecular weight is 256 g/mol. The molecule has 0 heterocycles. The molecule has 0 radical (unpaired) electrons. The van der Waals surface area contributed by atoms with Gasteiger partial charge >= 0.3 is 5.97 Å². The molecule has 0 rings (SSSR count). The first-order valence-corrected chi connectivity index (χ1v) is 7.90. The lowest BCUT2D eigenvalue weighted by atomic mass is 9.98. The Hall–Kier alpha value is -0.530. The summed E-state index contributed by atoms with van der Waals surface area (Å²) in [5.74, 6) is 0.504. The third-order valence-corrected chi connectivity index (χ3v) is 3.56. The topological polar surface area (TPSA) is 26.3 Å². The minimum Gasteiger partial charge on any atom is -0.465 e. The van der Waals surface area contributed by atoms with Gasteiger partial charge in [-0.1, -0.05) is 72.1 Å². The van der Waals surface area contributed by atoms with Crippen molar-refractivity contribution in [3.8, 4) is 0 Å². The maximum Gasteiger partial charge on any atom is 0.305 e. The summed E-state index contributed by atoms with van der Waals surface area (Å²) in [6.07, 6.45) is 12.3. The van der Waals surface area contributed by atoms with E-state index in [9.17, 15) is 4.79 Å². The van der Waals surface area contributed by atoms with E-state index >= 15 is 0 Å². The molecule has 0 aliphatic heterocycles. The van der Waals surface area contributed by atoms with Crippen LogP contribution in [0, 0.1) is 5.92 Å². The van der Waals surface area contributed by atoms with Crippen molar-refractivity contribution in [2.24, 2.45) is 5.92 Å². The second-order valence-corrected chi connectivity index (χ2v) is 5.22. The molecule has 2 nitrogen and oxygen atoms in total. The molecule has 0 aromatic carbocycles. The second kappa shape index (κ2) is 12.9. The van der Waals surface area contributed by atoms with Gasteiger partial charge in [-0.25, -0.2) is 0 Å². The van der Waals surface area contributed by atoms with E-state index in [0.29, 0.717) is 18.9 Å². The van der Waals surface area contributed by atoms with E-state index in [1.807, 2.05) is 6.92 Å². The number of ether oxygens (including phenoxy) is 1. The normalized spacial score (nSPS) is 12.4. The van der Waals surface area contributed by atoms with Crippen LogP contribution >= 0.6 is 0 Å². The molecule has 0 N–H and O–H groups in total. The fraction of sp³-hybridized carbons (Fsp3) is 0.938. The third kappa shape index (κ3) is 10.6. The Kier molecular flexibility index (Phi) is 12.5. The molecule has 0 aliphatic carbocycles. The maximum absolute atomic E-state index is 11.1. The highest BCUT2D eigenvalue weighted by Gasteiger charge is 2.08. The van der Waals surface area contributed by atoms with E-state index in [4.69, 9.17) is 4.74 Å². The molecular weight excluding hydrogens is 224 g/mol. The van der Waals surface area contributed by atoms with Gasteiger partial charge in [-0.2, -0.15) is 0 Å². The zero-order valence-electron chi connectivity index (χ0n) is 12.7. The standard InChI is InChI=1S/C16H32O2/c1-4-7-8-9-10-11-12-13-15(5-2)14-18-16(17)6-3/h15H,4-14H2,1-3H3. The van der Waals surface area contributed by atoms with Crippen LogP contribution in [0.5, 0.6) is 0 Å². The van der Waals surface area contributed by atoms with Gasteiger partial charge in [-0.05, 0) is 12.3 Å². The Morgan fingerprint density at radius 1 is 0.944 bits per heavy atom. The Labute approximate surface area is 113 Å². The predicted molar refractivity (Wildman–Crippen MR) is 77.6 cm³/mol. The second-order valence-electron chi connectivity index (χ2n) is 5.22. The lowest BCUT2D eigenvalue weighted by Gasteiger charge is -2.14. The molecule has 0 spiro atoms. The smallest absolute Gasteiger partial charge is 0.305 e. The molecule has 0 amide bonds. The molecule has 1 atom stereocenters. The molecule has 0 saturated carbocycles. The largest absolute Gasteiger partial charge is 0.465 e. The summed E-state index contributed by atoms with van der Waals surface area (Å²) < 4.78 is 5.22. The molecular formula is C16H32O2. The number of esters is 1. The monoisotopic (exact) mass is 256 g/mol. The van der Waals surface area contributed by atoms with Gasteiger partial charge in [0.05, 0.1) is 6.61 Å². The summed E-state index contributed by atoms with van der Waals surface area (Å²) in [7, 11) is 0. The van der Waals surface area contributed by atoms with E-state index < -0.39 is 0 Å². The summed E-state index contributed by atoms with van der Waals surface area (Å²) in [6, 6.07) is 0. The minimum absolute atomic E-state index is 0.0620. The lowest BCUT2D eigenvalue weighted by Crippen LogP contribution is -2.13. The van der Waals surface area contributed by atoms with Crippen LogP contribution in [-0.4, -0.2) is 12.6 Å². The van der Waals surface area contributed by atoms with Crippen LogP contribution < -0.4 is 0 Å². The van der Waals surface area contributed by atoms with Crippen LogP contribution in [0.15, 0.2) is 0 Å². The predicted octanol–water partition coefficient (Wildman–Crippen LogP) is 5.11. The summed E-state index contributed by atoms with van der Waals surface area (Å²) >= 11 is 0. The van der Waals surface area contributed by atoms with Crippen molar-refractivity contribution in [3.05, 3.63) is 0 Å². The van der Waals surface area contributed by atoms with Crippen molar-refractivity contribution >= 4 is 5.97 Å². The van der Waals surface area contributed by atoms with Gasteiger partial charge in [-0.15, -0.1) is 0 Å². The summed E-state index contributed by atoms with van der Waals surface area (Å²) in [4.78, 5) is 11.1. The van der Waals surface area contributed by atoms with Crippen molar-refractivity contribution < 1.29 is 9.53 Å². The van der Waals surface area contributed by atoms with Gasteiger partial charge in [0, 0.05) is 6.42 Å². The molecule has 1 unspecified atom stereocenters. The van der Waals surface area contributed by atoms with Gasteiger partial charge in [0.25, 0.3) is 0 Å². The van der Waals surface area contributed by atoms with Crippen LogP contribution in [0.1, 0.15) is 85.0 Å². The van der Waals surface area contributed by atoms with Crippen molar-refractivity contribution in [1.29, 1.82) is 0 Å².